The fraction of sp³-hybridized carbons (Fsp3) is 0.579. The maximum Gasteiger partial charge on any atom is 0.217 e. The molecule has 0 spiro atoms. The highest BCUT2D eigenvalue weighted by molar-refractivity contribution is 5.72. The Labute approximate surface area is 154 Å². The summed E-state index contributed by atoms with van der Waals surface area (Å²) < 4.78 is 2.01. The first-order valence-corrected chi connectivity index (χ1v) is 9.39. The Balaban J connectivity index is 1.78. The lowest BCUT2D eigenvalue weighted by atomic mass is 10.1. The van der Waals surface area contributed by atoms with Crippen molar-refractivity contribution < 1.29 is 4.79 Å². The Kier molecular flexibility index (Phi) is 5.98. The largest absolute Gasteiger partial charge is 0.352 e. The van der Waals surface area contributed by atoms with E-state index in [1.807, 2.05) is 24.0 Å². The number of nitrogens with zero attached hydrogens (tertiary/aromatic N) is 5. The van der Waals surface area contributed by atoms with Crippen LogP contribution < -0.4 is 5.32 Å². The van der Waals surface area contributed by atoms with Crippen LogP contribution in [0.15, 0.2) is 18.6 Å². The molecular weight excluding hydrogens is 328 g/mol. The van der Waals surface area contributed by atoms with Crippen LogP contribution in [0.25, 0.3) is 0 Å². The van der Waals surface area contributed by atoms with Crippen LogP contribution in [0, 0.1) is 6.92 Å². The molecule has 1 amide bonds. The lowest BCUT2D eigenvalue weighted by Gasteiger charge is -2.25. The van der Waals surface area contributed by atoms with Gasteiger partial charge in [-0.25, -0.2) is 9.97 Å². The van der Waals surface area contributed by atoms with E-state index >= 15 is 0 Å². The lowest BCUT2D eigenvalue weighted by Crippen LogP contribution is -2.27. The van der Waals surface area contributed by atoms with Gasteiger partial charge in [0.25, 0.3) is 0 Å². The van der Waals surface area contributed by atoms with Gasteiger partial charge in [-0.1, -0.05) is 6.92 Å². The van der Waals surface area contributed by atoms with Crippen molar-refractivity contribution in [2.24, 2.45) is 0 Å². The van der Waals surface area contributed by atoms with E-state index in [-0.39, 0.29) is 11.9 Å². The van der Waals surface area contributed by atoms with Crippen LogP contribution in [0.1, 0.15) is 61.8 Å². The minimum absolute atomic E-state index is 0.0388. The number of carbonyl (C=O) groups excluding carboxylic acids is 1. The number of amides is 1. The lowest BCUT2D eigenvalue weighted by molar-refractivity contribution is -0.119. The minimum atomic E-state index is -0.0388. The highest BCUT2D eigenvalue weighted by Gasteiger charge is 2.29. The van der Waals surface area contributed by atoms with E-state index < -0.39 is 0 Å². The van der Waals surface area contributed by atoms with Crippen LogP contribution in [0.2, 0.25) is 0 Å². The average Bonchev–Trinajstić information content (AvgIpc) is 3.24. The van der Waals surface area contributed by atoms with Gasteiger partial charge in [-0.2, -0.15) is 5.10 Å². The normalized spacial score (nSPS) is 17.6. The number of aryl methyl sites for hydroxylation is 2. The predicted molar refractivity (Wildman–Crippen MR) is 99.2 cm³/mol. The van der Waals surface area contributed by atoms with Crippen molar-refractivity contribution in [3.05, 3.63) is 41.2 Å². The van der Waals surface area contributed by atoms with E-state index in [1.54, 1.807) is 0 Å². The smallest absolute Gasteiger partial charge is 0.217 e. The van der Waals surface area contributed by atoms with Gasteiger partial charge in [0.05, 0.1) is 17.9 Å². The highest BCUT2D eigenvalue weighted by atomic mass is 16.1. The first kappa shape index (κ1) is 18.5. The van der Waals surface area contributed by atoms with Crippen LogP contribution in [0.3, 0.4) is 0 Å². The third kappa shape index (κ3) is 4.46. The number of rotatable bonds is 7. The van der Waals surface area contributed by atoms with Crippen molar-refractivity contribution in [3.63, 3.8) is 0 Å². The molecule has 0 saturated carbocycles. The van der Waals surface area contributed by atoms with Crippen molar-refractivity contribution in [2.45, 2.75) is 65.7 Å². The number of nitrogens with one attached hydrogen (secondary N) is 1. The molecule has 1 N–H and O–H groups in total. The molecule has 140 valence electrons. The van der Waals surface area contributed by atoms with Crippen molar-refractivity contribution in [3.8, 4) is 0 Å². The molecule has 2 aromatic heterocycles. The molecule has 2 aromatic rings. The van der Waals surface area contributed by atoms with E-state index in [2.05, 4.69) is 33.4 Å². The first-order chi connectivity index (χ1) is 12.6. The van der Waals surface area contributed by atoms with Gasteiger partial charge in [-0.05, 0) is 32.7 Å². The standard InChI is InChI=1S/C19H28N6O/c1-4-7-25-13-16(9-22-25)12-24-8-5-6-18(24)19-17(11-21-15(3)26)10-20-14(2)23-19/h9-10,13,18H,4-8,11-12H2,1-3H3,(H,21,26). The second-order valence-corrected chi connectivity index (χ2v) is 6.98. The van der Waals surface area contributed by atoms with Gasteiger partial charge < -0.3 is 5.32 Å². The van der Waals surface area contributed by atoms with Gasteiger partial charge in [0.15, 0.2) is 0 Å². The van der Waals surface area contributed by atoms with Crippen LogP contribution in [0.4, 0.5) is 0 Å². The molecule has 1 aliphatic rings. The Bertz CT molecular complexity index is 756. The second kappa shape index (κ2) is 8.40. The third-order valence-corrected chi connectivity index (χ3v) is 4.75. The second-order valence-electron chi connectivity index (χ2n) is 6.98. The highest BCUT2D eigenvalue weighted by Crippen LogP contribution is 2.33. The van der Waals surface area contributed by atoms with Crippen LogP contribution >= 0.6 is 0 Å². The maximum atomic E-state index is 11.3. The SMILES string of the molecule is CCCn1cc(CN2CCCC2c2nc(C)ncc2CNC(C)=O)cn1. The molecular formula is C19H28N6O. The topological polar surface area (TPSA) is 75.9 Å². The van der Waals surface area contributed by atoms with Crippen molar-refractivity contribution in [1.82, 2.24) is 30.0 Å². The van der Waals surface area contributed by atoms with Crippen LogP contribution in [-0.2, 0) is 24.4 Å². The molecule has 7 nitrogen and oxygen atoms in total. The molecule has 0 bridgehead atoms. The Morgan fingerprint density at radius 1 is 1.38 bits per heavy atom. The Morgan fingerprint density at radius 3 is 3.00 bits per heavy atom. The van der Waals surface area contributed by atoms with Gasteiger partial charge in [0.2, 0.25) is 5.91 Å². The van der Waals surface area contributed by atoms with Gasteiger partial charge in [-0.3, -0.25) is 14.4 Å². The first-order valence-electron chi connectivity index (χ1n) is 9.39. The van der Waals surface area contributed by atoms with E-state index in [0.717, 1.165) is 56.0 Å². The van der Waals surface area contributed by atoms with Gasteiger partial charge in [0, 0.05) is 50.1 Å². The molecule has 3 rings (SSSR count). The Hall–Kier alpha value is -2.28. The molecule has 1 fully saturated rings. The van der Waals surface area contributed by atoms with Gasteiger partial charge >= 0.3 is 0 Å². The molecule has 1 aliphatic heterocycles. The summed E-state index contributed by atoms with van der Waals surface area (Å²) in [5, 5.41) is 7.32. The van der Waals surface area contributed by atoms with E-state index in [0.29, 0.717) is 6.54 Å². The van der Waals surface area contributed by atoms with Gasteiger partial charge in [0.1, 0.15) is 5.82 Å². The van der Waals surface area contributed by atoms with Crippen LogP contribution in [0.5, 0.6) is 0 Å². The number of hydrogen-bond donors (Lipinski definition) is 1. The van der Waals surface area contributed by atoms with Crippen molar-refractivity contribution in [2.75, 3.05) is 6.54 Å². The molecule has 26 heavy (non-hydrogen) atoms. The van der Waals surface area contributed by atoms with E-state index in [1.165, 1.54) is 12.5 Å². The molecule has 0 aliphatic carbocycles. The maximum absolute atomic E-state index is 11.3. The number of aromatic nitrogens is 4. The van der Waals surface area contributed by atoms with E-state index in [4.69, 9.17) is 4.98 Å². The summed E-state index contributed by atoms with van der Waals surface area (Å²) in [4.78, 5) is 22.8. The molecule has 0 radical (unpaired) electrons. The van der Waals surface area contributed by atoms with Crippen molar-refractivity contribution in [1.29, 1.82) is 0 Å². The fourth-order valence-electron chi connectivity index (χ4n) is 3.56. The monoisotopic (exact) mass is 356 g/mol. The number of likely N-dealkylation sites (tertiary alicyclic amines) is 1. The van der Waals surface area contributed by atoms with Crippen molar-refractivity contribution >= 4 is 5.91 Å². The quantitative estimate of drug-likeness (QED) is 0.824. The molecule has 1 unspecified atom stereocenters. The number of hydrogen-bond acceptors (Lipinski definition) is 5. The fourth-order valence-corrected chi connectivity index (χ4v) is 3.56. The molecule has 3 heterocycles. The van der Waals surface area contributed by atoms with Crippen LogP contribution in [-0.4, -0.2) is 37.1 Å². The zero-order valence-corrected chi connectivity index (χ0v) is 15.9. The average molecular weight is 356 g/mol. The summed E-state index contributed by atoms with van der Waals surface area (Å²) in [6.45, 7) is 8.96. The number of carbonyl (C=O) groups is 1. The minimum Gasteiger partial charge on any atom is -0.352 e. The molecule has 1 saturated heterocycles. The van der Waals surface area contributed by atoms with E-state index in [9.17, 15) is 4.79 Å². The summed E-state index contributed by atoms with van der Waals surface area (Å²) in [7, 11) is 0. The molecule has 1 atom stereocenters. The Morgan fingerprint density at radius 2 is 2.23 bits per heavy atom. The zero-order chi connectivity index (χ0) is 18.5. The summed E-state index contributed by atoms with van der Waals surface area (Å²) in [6, 6.07) is 0.259. The zero-order valence-electron chi connectivity index (χ0n) is 15.9. The molecule has 7 heteroatoms. The summed E-state index contributed by atoms with van der Waals surface area (Å²) in [5.41, 5.74) is 3.29. The summed E-state index contributed by atoms with van der Waals surface area (Å²) in [5.74, 6) is 0.734. The third-order valence-electron chi connectivity index (χ3n) is 4.75. The van der Waals surface area contributed by atoms with Gasteiger partial charge in [-0.15, -0.1) is 0 Å². The molecule has 0 aromatic carbocycles. The predicted octanol–water partition coefficient (Wildman–Crippen LogP) is 2.36. The summed E-state index contributed by atoms with van der Waals surface area (Å²) >= 11 is 0. The summed E-state index contributed by atoms with van der Waals surface area (Å²) in [6.07, 6.45) is 9.27.